The Balaban J connectivity index is 2.19. The number of hydrogen-bond donors (Lipinski definition) is 2. The molecule has 1 aliphatic rings. The highest BCUT2D eigenvalue weighted by Crippen LogP contribution is 2.22. The zero-order valence-electron chi connectivity index (χ0n) is 9.24. The first-order chi connectivity index (χ1) is 8.49. The average molecular weight is 250 g/mol. The van der Waals surface area contributed by atoms with Crippen LogP contribution in [0.1, 0.15) is 16.9 Å². The van der Waals surface area contributed by atoms with Crippen LogP contribution in [0.3, 0.4) is 0 Å². The second kappa shape index (κ2) is 4.40. The summed E-state index contributed by atoms with van der Waals surface area (Å²) in [5.74, 6) is -2.35. The molecule has 0 bridgehead atoms. The first-order valence-electron chi connectivity index (χ1n) is 5.15. The Kier molecular flexibility index (Phi) is 2.92. The van der Waals surface area contributed by atoms with Gasteiger partial charge in [-0.3, -0.25) is 14.5 Å². The van der Waals surface area contributed by atoms with Gasteiger partial charge in [0.2, 0.25) is 11.8 Å². The number of aromatic nitrogens is 2. The molecule has 94 valence electrons. The van der Waals surface area contributed by atoms with Crippen molar-refractivity contribution in [3.63, 3.8) is 0 Å². The lowest BCUT2D eigenvalue weighted by atomic mass is 10.1. The van der Waals surface area contributed by atoms with E-state index in [1.165, 1.54) is 17.0 Å². The van der Waals surface area contributed by atoms with Crippen LogP contribution in [0.5, 0.6) is 0 Å². The third kappa shape index (κ3) is 2.12. The van der Waals surface area contributed by atoms with Crippen LogP contribution < -0.4 is 10.6 Å². The molecule has 1 saturated heterocycles. The summed E-state index contributed by atoms with van der Waals surface area (Å²) >= 11 is 0. The number of primary amides is 1. The van der Waals surface area contributed by atoms with Crippen LogP contribution in [-0.4, -0.2) is 39.6 Å². The zero-order chi connectivity index (χ0) is 13.3. The second-order valence-corrected chi connectivity index (χ2v) is 3.89. The number of carboxylic acids is 1. The minimum atomic E-state index is -1.20. The van der Waals surface area contributed by atoms with E-state index in [0.717, 1.165) is 0 Å². The molecule has 1 aromatic rings. The standard InChI is InChI=1S/C10H10N4O4/c11-9(16)5-3-8(15)14(4-5)7-2-1-6(10(17)18)12-13-7/h1-2,5H,3-4H2,(H2,11,16)(H,17,18). The maximum atomic E-state index is 11.6. The van der Waals surface area contributed by atoms with Crippen molar-refractivity contribution < 1.29 is 19.5 Å². The predicted molar refractivity (Wildman–Crippen MR) is 58.6 cm³/mol. The number of carbonyl (C=O) groups is 3. The number of aromatic carboxylic acids is 1. The van der Waals surface area contributed by atoms with E-state index in [0.29, 0.717) is 0 Å². The lowest BCUT2D eigenvalue weighted by Crippen LogP contribution is -2.29. The zero-order valence-corrected chi connectivity index (χ0v) is 9.24. The Morgan fingerprint density at radius 2 is 2.11 bits per heavy atom. The first-order valence-corrected chi connectivity index (χ1v) is 5.15. The summed E-state index contributed by atoms with van der Waals surface area (Å²) < 4.78 is 0. The molecular formula is C10H10N4O4. The van der Waals surface area contributed by atoms with Gasteiger partial charge in [-0.1, -0.05) is 0 Å². The van der Waals surface area contributed by atoms with Gasteiger partial charge in [-0.15, -0.1) is 10.2 Å². The number of nitrogens with zero attached hydrogens (tertiary/aromatic N) is 3. The van der Waals surface area contributed by atoms with Crippen LogP contribution in [0.25, 0.3) is 0 Å². The van der Waals surface area contributed by atoms with Gasteiger partial charge in [-0.2, -0.15) is 0 Å². The van der Waals surface area contributed by atoms with E-state index < -0.39 is 17.8 Å². The van der Waals surface area contributed by atoms with Gasteiger partial charge in [0.05, 0.1) is 5.92 Å². The molecule has 1 aliphatic heterocycles. The SMILES string of the molecule is NC(=O)C1CC(=O)N(c2ccc(C(=O)O)nn2)C1. The molecule has 0 radical (unpaired) electrons. The van der Waals surface area contributed by atoms with Gasteiger partial charge in [0.15, 0.2) is 11.5 Å². The Morgan fingerprint density at radius 1 is 1.39 bits per heavy atom. The quantitative estimate of drug-likeness (QED) is 0.709. The molecule has 8 heteroatoms. The summed E-state index contributed by atoms with van der Waals surface area (Å²) in [5.41, 5.74) is 4.92. The molecule has 3 N–H and O–H groups in total. The Hall–Kier alpha value is -2.51. The summed E-state index contributed by atoms with van der Waals surface area (Å²) in [6.07, 6.45) is 0.0394. The van der Waals surface area contributed by atoms with Gasteiger partial charge >= 0.3 is 5.97 Å². The first kappa shape index (κ1) is 12.0. The molecule has 0 spiro atoms. The van der Waals surface area contributed by atoms with E-state index >= 15 is 0 Å². The molecule has 0 aromatic carbocycles. The lowest BCUT2D eigenvalue weighted by Gasteiger charge is -2.13. The van der Waals surface area contributed by atoms with Gasteiger partial charge in [-0.05, 0) is 12.1 Å². The molecule has 1 fully saturated rings. The van der Waals surface area contributed by atoms with Crippen molar-refractivity contribution >= 4 is 23.6 Å². The molecular weight excluding hydrogens is 240 g/mol. The third-order valence-corrected chi connectivity index (χ3v) is 2.67. The molecule has 1 aromatic heterocycles. The Labute approximate surface area is 101 Å². The van der Waals surface area contributed by atoms with Crippen molar-refractivity contribution in [2.45, 2.75) is 6.42 Å². The summed E-state index contributed by atoms with van der Waals surface area (Å²) in [6, 6.07) is 2.62. The highest BCUT2D eigenvalue weighted by atomic mass is 16.4. The molecule has 18 heavy (non-hydrogen) atoms. The van der Waals surface area contributed by atoms with Crippen molar-refractivity contribution in [3.05, 3.63) is 17.8 Å². The van der Waals surface area contributed by atoms with E-state index in [1.54, 1.807) is 0 Å². The van der Waals surface area contributed by atoms with Gasteiger partial charge < -0.3 is 10.8 Å². The summed E-state index contributed by atoms with van der Waals surface area (Å²) in [7, 11) is 0. The molecule has 2 amide bonds. The maximum Gasteiger partial charge on any atom is 0.356 e. The van der Waals surface area contributed by atoms with E-state index in [9.17, 15) is 14.4 Å². The smallest absolute Gasteiger partial charge is 0.356 e. The maximum absolute atomic E-state index is 11.6. The van der Waals surface area contributed by atoms with E-state index in [-0.39, 0.29) is 30.4 Å². The number of amides is 2. The van der Waals surface area contributed by atoms with Crippen LogP contribution in [0, 0.1) is 5.92 Å². The predicted octanol–water partition coefficient (Wildman–Crippen LogP) is -0.987. The van der Waals surface area contributed by atoms with E-state index in [4.69, 9.17) is 10.8 Å². The Morgan fingerprint density at radius 3 is 2.56 bits per heavy atom. The van der Waals surface area contributed by atoms with Gasteiger partial charge in [0, 0.05) is 13.0 Å². The molecule has 2 heterocycles. The molecule has 0 aliphatic carbocycles. The molecule has 8 nitrogen and oxygen atoms in total. The topological polar surface area (TPSA) is 126 Å². The van der Waals surface area contributed by atoms with Gasteiger partial charge in [0.1, 0.15) is 0 Å². The minimum absolute atomic E-state index is 0.0394. The fourth-order valence-electron chi connectivity index (χ4n) is 1.70. The molecule has 1 unspecified atom stereocenters. The second-order valence-electron chi connectivity index (χ2n) is 3.89. The van der Waals surface area contributed by atoms with Crippen LogP contribution in [0.2, 0.25) is 0 Å². The van der Waals surface area contributed by atoms with Gasteiger partial charge in [0.25, 0.3) is 0 Å². The monoisotopic (exact) mass is 250 g/mol. The largest absolute Gasteiger partial charge is 0.476 e. The molecule has 1 atom stereocenters. The van der Waals surface area contributed by atoms with Crippen LogP contribution in [0.15, 0.2) is 12.1 Å². The highest BCUT2D eigenvalue weighted by molar-refractivity contribution is 5.99. The fourth-order valence-corrected chi connectivity index (χ4v) is 1.70. The number of anilines is 1. The average Bonchev–Trinajstić information content (AvgIpc) is 2.71. The summed E-state index contributed by atoms with van der Waals surface area (Å²) in [4.78, 5) is 34.5. The van der Waals surface area contributed by atoms with Gasteiger partial charge in [-0.25, -0.2) is 4.79 Å². The number of carboxylic acid groups (broad SMARTS) is 1. The normalized spacial score (nSPS) is 19.0. The molecule has 0 saturated carbocycles. The lowest BCUT2D eigenvalue weighted by molar-refractivity contribution is -0.123. The van der Waals surface area contributed by atoms with Crippen LogP contribution >= 0.6 is 0 Å². The van der Waals surface area contributed by atoms with E-state index in [2.05, 4.69) is 10.2 Å². The van der Waals surface area contributed by atoms with Crippen molar-refractivity contribution in [2.75, 3.05) is 11.4 Å². The van der Waals surface area contributed by atoms with E-state index in [1.807, 2.05) is 0 Å². The number of rotatable bonds is 3. The highest BCUT2D eigenvalue weighted by Gasteiger charge is 2.34. The minimum Gasteiger partial charge on any atom is -0.476 e. The van der Waals surface area contributed by atoms with Crippen molar-refractivity contribution in [3.8, 4) is 0 Å². The van der Waals surface area contributed by atoms with Crippen LogP contribution in [-0.2, 0) is 9.59 Å². The van der Waals surface area contributed by atoms with Crippen molar-refractivity contribution in [1.29, 1.82) is 0 Å². The van der Waals surface area contributed by atoms with Crippen LogP contribution in [0.4, 0.5) is 5.82 Å². The van der Waals surface area contributed by atoms with Crippen molar-refractivity contribution in [2.24, 2.45) is 11.7 Å². The number of hydrogen-bond acceptors (Lipinski definition) is 5. The fraction of sp³-hybridized carbons (Fsp3) is 0.300. The van der Waals surface area contributed by atoms with Crippen molar-refractivity contribution in [1.82, 2.24) is 10.2 Å². The Bertz CT molecular complexity index is 513. The molecule has 2 rings (SSSR count). The third-order valence-electron chi connectivity index (χ3n) is 2.67. The summed E-state index contributed by atoms with van der Waals surface area (Å²) in [5, 5.41) is 15.8. The number of nitrogens with two attached hydrogens (primary N) is 1. The number of carbonyl (C=O) groups excluding carboxylic acids is 2. The summed E-state index contributed by atoms with van der Waals surface area (Å²) in [6.45, 7) is 0.148.